The molecule has 0 heterocycles. The van der Waals surface area contributed by atoms with Crippen molar-refractivity contribution in [1.82, 2.24) is 0 Å². The number of para-hydroxylation sites is 1. The van der Waals surface area contributed by atoms with E-state index in [2.05, 4.69) is 10.6 Å². The zero-order valence-corrected chi connectivity index (χ0v) is 10.1. The monoisotopic (exact) mass is 240 g/mol. The topological polar surface area (TPSA) is 84.8 Å². The molecule has 0 aliphatic carbocycles. The van der Waals surface area contributed by atoms with Crippen molar-refractivity contribution in [3.63, 3.8) is 0 Å². The molecule has 0 spiro atoms. The molecule has 5 heteroatoms. The first-order chi connectivity index (χ1) is 8.00. The van der Waals surface area contributed by atoms with Crippen molar-refractivity contribution >= 4 is 11.4 Å². The van der Waals surface area contributed by atoms with E-state index in [1.54, 1.807) is 32.0 Å². The summed E-state index contributed by atoms with van der Waals surface area (Å²) in [7, 11) is 0. The number of benzene rings is 1. The van der Waals surface area contributed by atoms with Gasteiger partial charge in [-0.25, -0.2) is 0 Å². The summed E-state index contributed by atoms with van der Waals surface area (Å²) in [5.41, 5.74) is 1.24. The smallest absolute Gasteiger partial charge is 0.140 e. The standard InChI is InChI=1S/C12H20N2O3/c1-8(15)6-13-10-4-3-5-11(17)12(10)14-7-9(2)16/h3-5,8-9,13-17H,6-7H2,1-2H3. The molecular weight excluding hydrogens is 220 g/mol. The van der Waals surface area contributed by atoms with Crippen molar-refractivity contribution in [2.45, 2.75) is 26.1 Å². The molecule has 5 nitrogen and oxygen atoms in total. The second kappa shape index (κ2) is 6.32. The van der Waals surface area contributed by atoms with E-state index in [1.807, 2.05) is 0 Å². The van der Waals surface area contributed by atoms with Crippen molar-refractivity contribution in [2.75, 3.05) is 23.7 Å². The Kier molecular flexibility index (Phi) is 5.06. The fraction of sp³-hybridized carbons (Fsp3) is 0.500. The van der Waals surface area contributed by atoms with Crippen molar-refractivity contribution in [2.24, 2.45) is 0 Å². The van der Waals surface area contributed by atoms with E-state index in [1.165, 1.54) is 0 Å². The number of nitrogens with one attached hydrogen (secondary N) is 2. The highest BCUT2D eigenvalue weighted by Crippen LogP contribution is 2.31. The average Bonchev–Trinajstić information content (AvgIpc) is 2.24. The lowest BCUT2D eigenvalue weighted by Gasteiger charge is -2.16. The molecule has 0 bridgehead atoms. The van der Waals surface area contributed by atoms with Gasteiger partial charge >= 0.3 is 0 Å². The van der Waals surface area contributed by atoms with Gasteiger partial charge in [-0.05, 0) is 26.0 Å². The van der Waals surface area contributed by atoms with Gasteiger partial charge in [0.05, 0.1) is 17.9 Å². The number of anilines is 2. The second-order valence-electron chi connectivity index (χ2n) is 4.16. The van der Waals surface area contributed by atoms with Crippen molar-refractivity contribution in [3.05, 3.63) is 18.2 Å². The number of phenolic OH excluding ortho intramolecular Hbond substituents is 1. The van der Waals surface area contributed by atoms with Crippen LogP contribution in [0.15, 0.2) is 18.2 Å². The molecule has 0 aromatic heterocycles. The predicted molar refractivity (Wildman–Crippen MR) is 68.4 cm³/mol. The molecule has 96 valence electrons. The van der Waals surface area contributed by atoms with E-state index in [9.17, 15) is 15.3 Å². The Balaban J connectivity index is 2.76. The third kappa shape index (κ3) is 4.50. The van der Waals surface area contributed by atoms with Crippen LogP contribution in [0, 0.1) is 0 Å². The normalized spacial score (nSPS) is 14.1. The van der Waals surface area contributed by atoms with Gasteiger partial charge in [-0.1, -0.05) is 6.07 Å². The maximum atomic E-state index is 9.72. The molecule has 1 rings (SSSR count). The first kappa shape index (κ1) is 13.6. The summed E-state index contributed by atoms with van der Waals surface area (Å²) < 4.78 is 0. The first-order valence-corrected chi connectivity index (χ1v) is 5.66. The summed E-state index contributed by atoms with van der Waals surface area (Å²) >= 11 is 0. The van der Waals surface area contributed by atoms with Gasteiger partial charge in [0.1, 0.15) is 11.4 Å². The summed E-state index contributed by atoms with van der Waals surface area (Å²) in [5.74, 6) is 0.112. The van der Waals surface area contributed by atoms with Crippen LogP contribution in [-0.4, -0.2) is 40.6 Å². The van der Waals surface area contributed by atoms with Gasteiger partial charge in [0, 0.05) is 13.1 Å². The maximum Gasteiger partial charge on any atom is 0.140 e. The van der Waals surface area contributed by atoms with Crippen LogP contribution in [0.3, 0.4) is 0 Å². The van der Waals surface area contributed by atoms with E-state index in [0.29, 0.717) is 24.5 Å². The molecule has 1 aromatic rings. The molecule has 17 heavy (non-hydrogen) atoms. The Morgan fingerprint density at radius 1 is 1.06 bits per heavy atom. The number of aliphatic hydroxyl groups is 2. The Morgan fingerprint density at radius 2 is 1.65 bits per heavy atom. The summed E-state index contributed by atoms with van der Waals surface area (Å²) in [5, 5.41) is 34.1. The third-order valence-corrected chi connectivity index (χ3v) is 2.20. The number of rotatable bonds is 6. The van der Waals surface area contributed by atoms with Crippen LogP contribution in [0.4, 0.5) is 11.4 Å². The molecule has 0 aliphatic rings. The van der Waals surface area contributed by atoms with Crippen molar-refractivity contribution in [3.8, 4) is 5.75 Å². The number of aromatic hydroxyl groups is 1. The van der Waals surface area contributed by atoms with E-state index in [0.717, 1.165) is 0 Å². The fourth-order valence-electron chi connectivity index (χ4n) is 1.38. The Labute approximate surface area is 101 Å². The Morgan fingerprint density at radius 3 is 2.24 bits per heavy atom. The summed E-state index contributed by atoms with van der Waals surface area (Å²) in [4.78, 5) is 0. The average molecular weight is 240 g/mol. The maximum absolute atomic E-state index is 9.72. The first-order valence-electron chi connectivity index (χ1n) is 5.66. The number of hydrogen-bond donors (Lipinski definition) is 5. The SMILES string of the molecule is CC(O)CNc1cccc(O)c1NCC(C)O. The highest BCUT2D eigenvalue weighted by Gasteiger charge is 2.08. The Hall–Kier alpha value is -1.46. The molecular formula is C12H20N2O3. The molecule has 0 fully saturated rings. The highest BCUT2D eigenvalue weighted by molar-refractivity contribution is 5.75. The lowest BCUT2D eigenvalue weighted by Crippen LogP contribution is -2.19. The van der Waals surface area contributed by atoms with Gasteiger partial charge in [-0.2, -0.15) is 0 Å². The second-order valence-corrected chi connectivity index (χ2v) is 4.16. The lowest BCUT2D eigenvalue weighted by atomic mass is 10.2. The number of hydrogen-bond acceptors (Lipinski definition) is 5. The van der Waals surface area contributed by atoms with Crippen LogP contribution >= 0.6 is 0 Å². The zero-order valence-electron chi connectivity index (χ0n) is 10.1. The van der Waals surface area contributed by atoms with Gasteiger partial charge in [0.15, 0.2) is 0 Å². The van der Waals surface area contributed by atoms with Gasteiger partial charge in [0.25, 0.3) is 0 Å². The molecule has 0 radical (unpaired) electrons. The van der Waals surface area contributed by atoms with Crippen LogP contribution in [0.1, 0.15) is 13.8 Å². The third-order valence-electron chi connectivity index (χ3n) is 2.20. The fourth-order valence-corrected chi connectivity index (χ4v) is 1.38. The predicted octanol–water partition coefficient (Wildman–Crippen LogP) is 0.978. The highest BCUT2D eigenvalue weighted by atomic mass is 16.3. The summed E-state index contributed by atoms with van der Waals surface area (Å²) in [6, 6.07) is 5.08. The van der Waals surface area contributed by atoms with Crippen LogP contribution in [0.5, 0.6) is 5.75 Å². The summed E-state index contributed by atoms with van der Waals surface area (Å²) in [6.07, 6.45) is -0.971. The van der Waals surface area contributed by atoms with Crippen LogP contribution in [0.2, 0.25) is 0 Å². The molecule has 5 N–H and O–H groups in total. The largest absolute Gasteiger partial charge is 0.506 e. The number of phenols is 1. The van der Waals surface area contributed by atoms with E-state index < -0.39 is 12.2 Å². The van der Waals surface area contributed by atoms with Crippen LogP contribution in [0.25, 0.3) is 0 Å². The van der Waals surface area contributed by atoms with Gasteiger partial charge in [-0.3, -0.25) is 0 Å². The molecule has 0 saturated carbocycles. The van der Waals surface area contributed by atoms with Gasteiger partial charge in [0.2, 0.25) is 0 Å². The van der Waals surface area contributed by atoms with Crippen molar-refractivity contribution in [1.29, 1.82) is 0 Å². The van der Waals surface area contributed by atoms with E-state index in [-0.39, 0.29) is 5.75 Å². The minimum absolute atomic E-state index is 0.112. The quantitative estimate of drug-likeness (QED) is 0.479. The minimum atomic E-state index is -0.501. The molecule has 2 unspecified atom stereocenters. The summed E-state index contributed by atoms with van der Waals surface area (Å²) in [6.45, 7) is 4.09. The van der Waals surface area contributed by atoms with E-state index >= 15 is 0 Å². The molecule has 0 amide bonds. The number of aliphatic hydroxyl groups excluding tert-OH is 2. The van der Waals surface area contributed by atoms with Crippen LogP contribution < -0.4 is 10.6 Å². The molecule has 0 aliphatic heterocycles. The van der Waals surface area contributed by atoms with E-state index in [4.69, 9.17) is 0 Å². The molecule has 0 saturated heterocycles. The van der Waals surface area contributed by atoms with Gasteiger partial charge in [-0.15, -0.1) is 0 Å². The molecule has 2 atom stereocenters. The lowest BCUT2D eigenvalue weighted by molar-refractivity contribution is 0.207. The van der Waals surface area contributed by atoms with Crippen molar-refractivity contribution < 1.29 is 15.3 Å². The Bertz CT molecular complexity index is 354. The minimum Gasteiger partial charge on any atom is -0.506 e. The van der Waals surface area contributed by atoms with Crippen LogP contribution in [-0.2, 0) is 0 Å². The zero-order chi connectivity index (χ0) is 12.8. The van der Waals surface area contributed by atoms with Gasteiger partial charge < -0.3 is 26.0 Å². The molecule has 1 aromatic carbocycles.